The lowest BCUT2D eigenvalue weighted by Gasteiger charge is -2.33. The number of allylic oxidation sites excluding steroid dienone is 6. The minimum absolute atomic E-state index is 0.0805. The molecule has 1 aliphatic heterocycles. The number of likely N-dealkylation sites (tertiary alicyclic amines) is 1. The van der Waals surface area contributed by atoms with E-state index < -0.39 is 0 Å². The molecule has 1 aliphatic carbocycles. The maximum Gasteiger partial charge on any atom is 0.127 e. The van der Waals surface area contributed by atoms with Crippen LogP contribution in [0.15, 0.2) is 65.3 Å². The summed E-state index contributed by atoms with van der Waals surface area (Å²) in [5.41, 5.74) is 12.2. The van der Waals surface area contributed by atoms with E-state index in [0.29, 0.717) is 18.4 Å². The van der Waals surface area contributed by atoms with Crippen molar-refractivity contribution in [1.82, 2.24) is 4.90 Å². The van der Waals surface area contributed by atoms with Crippen LogP contribution in [0.2, 0.25) is 0 Å². The van der Waals surface area contributed by atoms with Crippen LogP contribution in [0.4, 0.5) is 4.39 Å². The molecule has 0 aromatic heterocycles. The zero-order valence-corrected chi connectivity index (χ0v) is 26.4. The van der Waals surface area contributed by atoms with Gasteiger partial charge in [0.05, 0.1) is 0 Å². The molecule has 0 spiro atoms. The van der Waals surface area contributed by atoms with Gasteiger partial charge in [0, 0.05) is 17.8 Å². The highest BCUT2D eigenvalue weighted by Gasteiger charge is 2.24. The average Bonchev–Trinajstić information content (AvgIpc) is 3.02. The number of aryl methyl sites for hydroxylation is 2. The Kier molecular flexibility index (Phi) is 10.9. The van der Waals surface area contributed by atoms with Crippen LogP contribution < -0.4 is 0 Å². The summed E-state index contributed by atoms with van der Waals surface area (Å²) in [5.74, 6) is 0.850. The summed E-state index contributed by atoms with van der Waals surface area (Å²) < 4.78 is 14.5. The third-order valence-corrected chi connectivity index (χ3v) is 9.19. The van der Waals surface area contributed by atoms with Crippen molar-refractivity contribution in [1.29, 1.82) is 5.41 Å². The first-order valence-corrected chi connectivity index (χ1v) is 16.0. The second-order valence-corrected chi connectivity index (χ2v) is 12.7. The smallest absolute Gasteiger partial charge is 0.127 e. The predicted octanol–water partition coefficient (Wildman–Crippen LogP) is 10.5. The average molecular weight is 555 g/mol. The summed E-state index contributed by atoms with van der Waals surface area (Å²) in [6.07, 6.45) is 13.3. The van der Waals surface area contributed by atoms with Gasteiger partial charge in [-0.15, -0.1) is 0 Å². The molecule has 0 bridgehead atoms. The summed E-state index contributed by atoms with van der Waals surface area (Å²) >= 11 is 0. The first kappa shape index (κ1) is 31.2. The van der Waals surface area contributed by atoms with E-state index >= 15 is 0 Å². The fourth-order valence-electron chi connectivity index (χ4n) is 6.70. The quantitative estimate of drug-likeness (QED) is 0.345. The number of halogens is 1. The Bertz CT molecular complexity index is 1300. The Morgan fingerprint density at radius 1 is 1.02 bits per heavy atom. The first-order valence-electron chi connectivity index (χ1n) is 16.0. The summed E-state index contributed by atoms with van der Waals surface area (Å²) in [6.45, 7) is 16.1. The Balaban J connectivity index is 1.64. The zero-order chi connectivity index (χ0) is 29.5. The van der Waals surface area contributed by atoms with E-state index in [-0.39, 0.29) is 5.82 Å². The molecule has 0 saturated carbocycles. The normalized spacial score (nSPS) is 20.9. The van der Waals surface area contributed by atoms with E-state index in [0.717, 1.165) is 86.9 Å². The van der Waals surface area contributed by atoms with Crippen LogP contribution >= 0.6 is 0 Å². The topological polar surface area (TPSA) is 27.1 Å². The van der Waals surface area contributed by atoms with Gasteiger partial charge in [0.1, 0.15) is 5.82 Å². The van der Waals surface area contributed by atoms with Crippen LogP contribution in [-0.4, -0.2) is 23.7 Å². The molecule has 0 amide bonds. The van der Waals surface area contributed by atoms with Crippen molar-refractivity contribution in [2.75, 3.05) is 13.1 Å². The van der Waals surface area contributed by atoms with E-state index in [4.69, 9.17) is 5.41 Å². The van der Waals surface area contributed by atoms with Gasteiger partial charge < -0.3 is 5.41 Å². The molecule has 41 heavy (non-hydrogen) atoms. The fraction of sp³-hybridized carbons (Fsp3) is 0.500. The van der Waals surface area contributed by atoms with Crippen molar-refractivity contribution >= 4 is 11.3 Å². The largest absolute Gasteiger partial charge is 0.305 e. The van der Waals surface area contributed by atoms with Crippen molar-refractivity contribution in [3.63, 3.8) is 0 Å². The van der Waals surface area contributed by atoms with Crippen molar-refractivity contribution in [3.8, 4) is 0 Å². The molecule has 220 valence electrons. The number of rotatable bonds is 8. The first-order chi connectivity index (χ1) is 19.7. The van der Waals surface area contributed by atoms with E-state index in [1.54, 1.807) is 12.1 Å². The van der Waals surface area contributed by atoms with E-state index in [2.05, 4.69) is 69.9 Å². The lowest BCUT2D eigenvalue weighted by atomic mass is 9.80. The molecule has 4 rings (SSSR count). The van der Waals surface area contributed by atoms with Gasteiger partial charge in [0.15, 0.2) is 0 Å². The minimum atomic E-state index is -0.0805. The Morgan fingerprint density at radius 3 is 2.46 bits per heavy atom. The predicted molar refractivity (Wildman–Crippen MR) is 174 cm³/mol. The molecule has 0 radical (unpaired) electrons. The Morgan fingerprint density at radius 2 is 1.78 bits per heavy atom. The van der Waals surface area contributed by atoms with Crippen molar-refractivity contribution in [2.24, 2.45) is 5.92 Å². The van der Waals surface area contributed by atoms with E-state index in [1.165, 1.54) is 33.4 Å². The van der Waals surface area contributed by atoms with Crippen LogP contribution in [0, 0.1) is 31.0 Å². The van der Waals surface area contributed by atoms with Gasteiger partial charge in [-0.1, -0.05) is 69.7 Å². The zero-order valence-electron chi connectivity index (χ0n) is 26.4. The minimum Gasteiger partial charge on any atom is -0.305 e. The third kappa shape index (κ3) is 7.74. The highest BCUT2D eigenvalue weighted by molar-refractivity contribution is 5.98. The molecule has 0 atom stereocenters. The molecule has 1 fully saturated rings. The monoisotopic (exact) mass is 554 g/mol. The highest BCUT2D eigenvalue weighted by atomic mass is 19.1. The maximum atomic E-state index is 14.5. The van der Waals surface area contributed by atoms with Gasteiger partial charge in [-0.05, 0) is 141 Å². The number of hydrogen-bond acceptors (Lipinski definition) is 2. The van der Waals surface area contributed by atoms with Gasteiger partial charge in [-0.2, -0.15) is 0 Å². The van der Waals surface area contributed by atoms with Gasteiger partial charge in [-0.25, -0.2) is 4.39 Å². The fourth-order valence-corrected chi connectivity index (χ4v) is 6.70. The lowest BCUT2D eigenvalue weighted by Crippen LogP contribution is -2.33. The summed E-state index contributed by atoms with van der Waals surface area (Å²) in [4.78, 5) is 2.42. The van der Waals surface area contributed by atoms with Gasteiger partial charge in [-0.3, -0.25) is 4.90 Å². The lowest BCUT2D eigenvalue weighted by molar-refractivity contribution is 0.202. The molecular formula is C38H51FN2. The maximum absolute atomic E-state index is 14.5. The van der Waals surface area contributed by atoms with Crippen LogP contribution in [0.5, 0.6) is 0 Å². The van der Waals surface area contributed by atoms with Gasteiger partial charge >= 0.3 is 0 Å². The molecule has 1 saturated heterocycles. The Labute approximate surface area is 249 Å². The highest BCUT2D eigenvalue weighted by Crippen LogP contribution is 2.39. The third-order valence-electron chi connectivity index (χ3n) is 9.19. The van der Waals surface area contributed by atoms with Crippen molar-refractivity contribution in [2.45, 2.75) is 105 Å². The van der Waals surface area contributed by atoms with Crippen LogP contribution in [0.1, 0.15) is 113 Å². The van der Waals surface area contributed by atoms with Crippen molar-refractivity contribution in [3.05, 3.63) is 98.9 Å². The standard InChI is InChI=1S/C38H51FN2/c1-7-12-33(32-14-9-8-10-16-37(40)29(6)23-32)38(26(2)3)34-24-31(18-17-28(34)5)30-19-21-41(22-20-30)25-35-27(4)13-11-15-36(35)39/h11,13-15,17-18,23-24,26,30,40H,7-10,12,16,19-22,25H2,1-6H3/b29-23-,32-14+,38-33+,40-37?. The number of piperidine rings is 1. The second kappa shape index (κ2) is 14.4. The van der Waals surface area contributed by atoms with Crippen LogP contribution in [0.3, 0.4) is 0 Å². The van der Waals surface area contributed by atoms with E-state index in [9.17, 15) is 4.39 Å². The molecule has 3 heteroatoms. The number of hydrogen-bond donors (Lipinski definition) is 1. The molecule has 2 aromatic rings. The molecule has 2 aliphatic rings. The SMILES string of the molecule is CCCC(/C1=C/CCCCC(=N)/C(C)=C\1)=C(\c1cc(C2CCN(Cc3c(C)cccc3F)CC2)ccc1C)C(C)C. The van der Waals surface area contributed by atoms with Crippen LogP contribution in [0.25, 0.3) is 5.57 Å². The molecular weight excluding hydrogens is 503 g/mol. The summed E-state index contributed by atoms with van der Waals surface area (Å²) in [5, 5.41) is 8.56. The second-order valence-electron chi connectivity index (χ2n) is 12.7. The molecule has 2 nitrogen and oxygen atoms in total. The number of benzene rings is 2. The number of nitrogens with one attached hydrogen (secondary N) is 1. The number of nitrogens with zero attached hydrogens (tertiary/aromatic N) is 1. The van der Waals surface area contributed by atoms with Crippen molar-refractivity contribution < 1.29 is 4.39 Å². The molecule has 2 aromatic carbocycles. The Hall–Kier alpha value is -2.78. The molecule has 1 heterocycles. The van der Waals surface area contributed by atoms with Gasteiger partial charge in [0.2, 0.25) is 0 Å². The van der Waals surface area contributed by atoms with Gasteiger partial charge in [0.25, 0.3) is 0 Å². The summed E-state index contributed by atoms with van der Waals surface area (Å²) in [6, 6.07) is 12.6. The summed E-state index contributed by atoms with van der Waals surface area (Å²) in [7, 11) is 0. The molecule has 0 unspecified atom stereocenters. The van der Waals surface area contributed by atoms with E-state index in [1.807, 2.05) is 13.0 Å². The molecule has 1 N–H and O–H groups in total. The van der Waals surface area contributed by atoms with Crippen LogP contribution in [-0.2, 0) is 6.54 Å².